The number of hydrogen-bond donors (Lipinski definition) is 1. The first kappa shape index (κ1) is 14.0. The summed E-state index contributed by atoms with van der Waals surface area (Å²) in [6.45, 7) is 4.27. The highest BCUT2D eigenvalue weighted by molar-refractivity contribution is 5.21. The maximum absolute atomic E-state index is 13.6. The topological polar surface area (TPSA) is 15.3 Å². The minimum absolute atomic E-state index is 0.0987. The van der Waals surface area contributed by atoms with Crippen molar-refractivity contribution >= 4 is 0 Å². The third-order valence-electron chi connectivity index (χ3n) is 4.83. The van der Waals surface area contributed by atoms with Crippen molar-refractivity contribution in [1.29, 1.82) is 0 Å². The van der Waals surface area contributed by atoms with Crippen molar-refractivity contribution in [2.45, 2.75) is 38.1 Å². The highest BCUT2D eigenvalue weighted by atomic mass is 19.1. The van der Waals surface area contributed by atoms with E-state index >= 15 is 0 Å². The average Bonchev–Trinajstić information content (AvgIpc) is 2.50. The molecule has 0 spiro atoms. The zero-order chi connectivity index (χ0) is 13.8. The SMILES string of the molecule is Fc1cccc([C@@H](C2CCCCC2)N2CCNCC2)c1. The molecular weight excluding hydrogens is 251 g/mol. The summed E-state index contributed by atoms with van der Waals surface area (Å²) < 4.78 is 13.6. The maximum Gasteiger partial charge on any atom is 0.123 e. The highest BCUT2D eigenvalue weighted by Gasteiger charge is 2.30. The summed E-state index contributed by atoms with van der Waals surface area (Å²) in [6.07, 6.45) is 6.63. The van der Waals surface area contributed by atoms with E-state index in [1.807, 2.05) is 6.07 Å². The normalized spacial score (nSPS) is 23.6. The van der Waals surface area contributed by atoms with Gasteiger partial charge in [0.15, 0.2) is 0 Å². The number of benzene rings is 1. The minimum Gasteiger partial charge on any atom is -0.314 e. The fraction of sp³-hybridized carbons (Fsp3) is 0.647. The van der Waals surface area contributed by atoms with Gasteiger partial charge in [0.25, 0.3) is 0 Å². The fourth-order valence-electron chi connectivity index (χ4n) is 3.88. The van der Waals surface area contributed by atoms with E-state index in [1.165, 1.54) is 37.7 Å². The van der Waals surface area contributed by atoms with E-state index in [2.05, 4.69) is 16.3 Å². The molecule has 0 radical (unpaired) electrons. The summed E-state index contributed by atoms with van der Waals surface area (Å²) in [5.41, 5.74) is 1.18. The molecule has 1 aliphatic carbocycles. The van der Waals surface area contributed by atoms with Gasteiger partial charge in [0.1, 0.15) is 5.82 Å². The lowest BCUT2D eigenvalue weighted by Crippen LogP contribution is -2.47. The van der Waals surface area contributed by atoms with Gasteiger partial charge in [-0.25, -0.2) is 4.39 Å². The molecule has 3 rings (SSSR count). The summed E-state index contributed by atoms with van der Waals surface area (Å²) in [5.74, 6) is 0.599. The number of nitrogens with zero attached hydrogens (tertiary/aromatic N) is 1. The number of halogens is 1. The average molecular weight is 276 g/mol. The third-order valence-corrected chi connectivity index (χ3v) is 4.83. The van der Waals surface area contributed by atoms with Crippen LogP contribution in [0.2, 0.25) is 0 Å². The molecule has 0 bridgehead atoms. The second-order valence-electron chi connectivity index (χ2n) is 6.18. The van der Waals surface area contributed by atoms with Crippen LogP contribution in [0.4, 0.5) is 4.39 Å². The van der Waals surface area contributed by atoms with Gasteiger partial charge in [0.05, 0.1) is 0 Å². The van der Waals surface area contributed by atoms with Gasteiger partial charge < -0.3 is 5.32 Å². The van der Waals surface area contributed by atoms with Gasteiger partial charge in [-0.15, -0.1) is 0 Å². The second kappa shape index (κ2) is 6.68. The molecule has 1 heterocycles. The van der Waals surface area contributed by atoms with Crippen LogP contribution in [-0.4, -0.2) is 31.1 Å². The lowest BCUT2D eigenvalue weighted by Gasteiger charge is -2.41. The van der Waals surface area contributed by atoms with Crippen molar-refractivity contribution in [1.82, 2.24) is 10.2 Å². The van der Waals surface area contributed by atoms with Crippen LogP contribution in [-0.2, 0) is 0 Å². The van der Waals surface area contributed by atoms with Crippen molar-refractivity contribution in [3.63, 3.8) is 0 Å². The number of hydrogen-bond acceptors (Lipinski definition) is 2. The van der Waals surface area contributed by atoms with Crippen LogP contribution in [0.25, 0.3) is 0 Å². The van der Waals surface area contributed by atoms with E-state index in [0.29, 0.717) is 12.0 Å². The summed E-state index contributed by atoms with van der Waals surface area (Å²) >= 11 is 0. The maximum atomic E-state index is 13.6. The molecule has 1 saturated carbocycles. The Labute approximate surface area is 121 Å². The van der Waals surface area contributed by atoms with Crippen LogP contribution < -0.4 is 5.32 Å². The predicted molar refractivity (Wildman–Crippen MR) is 80.2 cm³/mol. The van der Waals surface area contributed by atoms with Crippen molar-refractivity contribution in [2.24, 2.45) is 5.92 Å². The Morgan fingerprint density at radius 3 is 2.55 bits per heavy atom. The molecule has 110 valence electrons. The summed E-state index contributed by atoms with van der Waals surface area (Å²) in [6, 6.07) is 7.70. The Kier molecular flexibility index (Phi) is 4.69. The van der Waals surface area contributed by atoms with Crippen LogP contribution in [0.15, 0.2) is 24.3 Å². The zero-order valence-electron chi connectivity index (χ0n) is 12.2. The van der Waals surface area contributed by atoms with E-state index in [4.69, 9.17) is 0 Å². The van der Waals surface area contributed by atoms with E-state index in [9.17, 15) is 4.39 Å². The van der Waals surface area contributed by atoms with Crippen LogP contribution in [0.1, 0.15) is 43.7 Å². The second-order valence-corrected chi connectivity index (χ2v) is 6.18. The van der Waals surface area contributed by atoms with Crippen molar-refractivity contribution in [3.8, 4) is 0 Å². The van der Waals surface area contributed by atoms with Gasteiger partial charge in [-0.3, -0.25) is 4.90 Å². The standard InChI is InChI=1S/C17H25FN2/c18-16-8-4-7-15(13-16)17(14-5-2-1-3-6-14)20-11-9-19-10-12-20/h4,7-8,13-14,17,19H,1-3,5-6,9-12H2/t17-/m1/s1. The smallest absolute Gasteiger partial charge is 0.123 e. The van der Waals surface area contributed by atoms with Crippen molar-refractivity contribution in [2.75, 3.05) is 26.2 Å². The summed E-state index contributed by atoms with van der Waals surface area (Å²) in [4.78, 5) is 2.57. The van der Waals surface area contributed by atoms with E-state index in [1.54, 1.807) is 12.1 Å². The Balaban J connectivity index is 1.85. The lowest BCUT2D eigenvalue weighted by molar-refractivity contribution is 0.103. The Hall–Kier alpha value is -0.930. The lowest BCUT2D eigenvalue weighted by atomic mass is 9.80. The van der Waals surface area contributed by atoms with Gasteiger partial charge in [-0.1, -0.05) is 31.4 Å². The van der Waals surface area contributed by atoms with Crippen LogP contribution in [0.5, 0.6) is 0 Å². The van der Waals surface area contributed by atoms with Crippen molar-refractivity contribution < 1.29 is 4.39 Å². The monoisotopic (exact) mass is 276 g/mol. The molecular formula is C17H25FN2. The third kappa shape index (κ3) is 3.21. The van der Waals surface area contributed by atoms with Gasteiger partial charge in [0.2, 0.25) is 0 Å². The molecule has 3 heteroatoms. The number of rotatable bonds is 3. The molecule has 2 aliphatic rings. The molecule has 1 aromatic carbocycles. The minimum atomic E-state index is -0.0987. The highest BCUT2D eigenvalue weighted by Crippen LogP contribution is 2.38. The molecule has 2 nitrogen and oxygen atoms in total. The predicted octanol–water partition coefficient (Wildman–Crippen LogP) is 3.35. The molecule has 1 saturated heterocycles. The first-order valence-corrected chi connectivity index (χ1v) is 8.05. The van der Waals surface area contributed by atoms with Gasteiger partial charge in [0, 0.05) is 32.2 Å². The van der Waals surface area contributed by atoms with E-state index in [0.717, 1.165) is 26.2 Å². The summed E-state index contributed by atoms with van der Waals surface area (Å²) in [5, 5.41) is 3.42. The largest absolute Gasteiger partial charge is 0.314 e. The molecule has 1 N–H and O–H groups in total. The van der Waals surface area contributed by atoms with Gasteiger partial charge >= 0.3 is 0 Å². The van der Waals surface area contributed by atoms with Gasteiger partial charge in [-0.05, 0) is 36.5 Å². The summed E-state index contributed by atoms with van der Waals surface area (Å²) in [7, 11) is 0. The first-order valence-electron chi connectivity index (χ1n) is 8.05. The number of nitrogens with one attached hydrogen (secondary N) is 1. The zero-order valence-corrected chi connectivity index (χ0v) is 12.2. The number of piperazine rings is 1. The molecule has 1 aliphatic heterocycles. The molecule has 1 aromatic rings. The fourth-order valence-corrected chi connectivity index (χ4v) is 3.88. The molecule has 0 aromatic heterocycles. The Morgan fingerprint density at radius 1 is 1.10 bits per heavy atom. The van der Waals surface area contributed by atoms with Crippen LogP contribution in [0.3, 0.4) is 0 Å². The van der Waals surface area contributed by atoms with Crippen molar-refractivity contribution in [3.05, 3.63) is 35.6 Å². The van der Waals surface area contributed by atoms with E-state index in [-0.39, 0.29) is 5.82 Å². The van der Waals surface area contributed by atoms with Crippen LogP contribution >= 0.6 is 0 Å². The van der Waals surface area contributed by atoms with Crippen LogP contribution in [0, 0.1) is 11.7 Å². The molecule has 20 heavy (non-hydrogen) atoms. The Morgan fingerprint density at radius 2 is 1.85 bits per heavy atom. The van der Waals surface area contributed by atoms with E-state index < -0.39 is 0 Å². The quantitative estimate of drug-likeness (QED) is 0.910. The molecule has 1 atom stereocenters. The first-order chi connectivity index (χ1) is 9.84. The Bertz CT molecular complexity index is 405. The molecule has 0 unspecified atom stereocenters. The molecule has 2 fully saturated rings. The van der Waals surface area contributed by atoms with Gasteiger partial charge in [-0.2, -0.15) is 0 Å². The molecule has 0 amide bonds.